The first-order valence-electron chi connectivity index (χ1n) is 6.86. The molecule has 1 aromatic rings. The number of ether oxygens (including phenoxy) is 1. The number of fused-ring (bicyclic) bond motifs is 1. The largest absolute Gasteiger partial charge is 0.497 e. The van der Waals surface area contributed by atoms with Crippen LogP contribution in [-0.4, -0.2) is 31.5 Å². The SMILES string of the molecule is CC1(C)OB(c2ccc3c(c2F)NCCO3)OC1(C)C. The van der Waals surface area contributed by atoms with Gasteiger partial charge in [-0.3, -0.25) is 0 Å². The van der Waals surface area contributed by atoms with Crippen LogP contribution in [0, 0.1) is 5.82 Å². The van der Waals surface area contributed by atoms with E-state index in [2.05, 4.69) is 5.32 Å². The van der Waals surface area contributed by atoms with Crippen LogP contribution in [0.25, 0.3) is 0 Å². The molecule has 0 aromatic heterocycles. The summed E-state index contributed by atoms with van der Waals surface area (Å²) in [6.45, 7) is 8.93. The van der Waals surface area contributed by atoms with Crippen molar-refractivity contribution in [1.82, 2.24) is 0 Å². The van der Waals surface area contributed by atoms with Crippen LogP contribution >= 0.6 is 0 Å². The fourth-order valence-corrected chi connectivity index (χ4v) is 2.35. The molecule has 1 aromatic carbocycles. The fraction of sp³-hybridized carbons (Fsp3) is 0.571. The third-order valence-electron chi connectivity index (χ3n) is 4.30. The molecule has 108 valence electrons. The maximum absolute atomic E-state index is 14.6. The maximum Gasteiger partial charge on any atom is 0.497 e. The third-order valence-corrected chi connectivity index (χ3v) is 4.30. The molecule has 0 spiro atoms. The van der Waals surface area contributed by atoms with Gasteiger partial charge in [-0.1, -0.05) is 6.07 Å². The van der Waals surface area contributed by atoms with Gasteiger partial charge in [0.15, 0.2) is 0 Å². The Bertz CT molecular complexity index is 531. The summed E-state index contributed by atoms with van der Waals surface area (Å²) in [5, 5.41) is 3.03. The van der Waals surface area contributed by atoms with Crippen LogP contribution in [0.4, 0.5) is 10.1 Å². The minimum atomic E-state index is -0.700. The van der Waals surface area contributed by atoms with Gasteiger partial charge in [0.2, 0.25) is 0 Å². The molecule has 0 aliphatic carbocycles. The summed E-state index contributed by atoms with van der Waals surface area (Å²) in [7, 11) is -0.700. The van der Waals surface area contributed by atoms with Crippen molar-refractivity contribution in [2.24, 2.45) is 0 Å². The topological polar surface area (TPSA) is 39.7 Å². The second-order valence-corrected chi connectivity index (χ2v) is 6.21. The molecule has 0 unspecified atom stereocenters. The molecule has 20 heavy (non-hydrogen) atoms. The minimum Gasteiger partial charge on any atom is -0.489 e. The zero-order chi connectivity index (χ0) is 14.5. The molecule has 0 radical (unpaired) electrons. The average Bonchev–Trinajstić information content (AvgIpc) is 2.59. The maximum atomic E-state index is 14.6. The van der Waals surface area contributed by atoms with Crippen molar-refractivity contribution in [3.63, 3.8) is 0 Å². The molecule has 2 heterocycles. The number of nitrogens with one attached hydrogen (secondary N) is 1. The van der Waals surface area contributed by atoms with Crippen LogP contribution in [0.2, 0.25) is 0 Å². The molecule has 1 saturated heterocycles. The Balaban J connectivity index is 1.96. The van der Waals surface area contributed by atoms with E-state index in [4.69, 9.17) is 14.0 Å². The molecule has 2 aliphatic heterocycles. The number of halogens is 1. The Hall–Kier alpha value is -1.27. The van der Waals surface area contributed by atoms with Gasteiger partial charge in [0, 0.05) is 12.0 Å². The molecule has 0 atom stereocenters. The molecule has 0 bridgehead atoms. The van der Waals surface area contributed by atoms with Crippen molar-refractivity contribution in [3.05, 3.63) is 17.9 Å². The lowest BCUT2D eigenvalue weighted by molar-refractivity contribution is 0.00578. The lowest BCUT2D eigenvalue weighted by Gasteiger charge is -2.32. The van der Waals surface area contributed by atoms with Crippen molar-refractivity contribution in [3.8, 4) is 5.75 Å². The minimum absolute atomic E-state index is 0.360. The summed E-state index contributed by atoms with van der Waals surface area (Å²) in [6.07, 6.45) is 0. The van der Waals surface area contributed by atoms with Gasteiger partial charge in [0.05, 0.1) is 11.2 Å². The van der Waals surface area contributed by atoms with E-state index in [9.17, 15) is 4.39 Å². The second-order valence-electron chi connectivity index (χ2n) is 6.21. The van der Waals surface area contributed by atoms with Crippen LogP contribution in [0.5, 0.6) is 5.75 Å². The smallest absolute Gasteiger partial charge is 0.489 e. The zero-order valence-corrected chi connectivity index (χ0v) is 12.2. The van der Waals surface area contributed by atoms with Gasteiger partial charge >= 0.3 is 7.12 Å². The monoisotopic (exact) mass is 279 g/mol. The molecular formula is C14H19BFNO3. The summed E-state index contributed by atoms with van der Waals surface area (Å²) in [5.41, 5.74) is -0.169. The van der Waals surface area contributed by atoms with Gasteiger partial charge in [0.25, 0.3) is 0 Å². The quantitative estimate of drug-likeness (QED) is 0.797. The highest BCUT2D eigenvalue weighted by Crippen LogP contribution is 2.37. The molecule has 3 rings (SSSR count). The van der Waals surface area contributed by atoms with E-state index in [1.807, 2.05) is 27.7 Å². The standard InChI is InChI=1S/C14H19BFNO3/c1-13(2)14(3,4)20-15(19-13)9-5-6-10-12(11(9)16)17-7-8-18-10/h5-6,17H,7-8H2,1-4H3. The Kier molecular flexibility index (Phi) is 2.99. The first-order chi connectivity index (χ1) is 9.32. The van der Waals surface area contributed by atoms with Gasteiger partial charge < -0.3 is 19.4 Å². The number of rotatable bonds is 1. The summed E-state index contributed by atoms with van der Waals surface area (Å²) in [6, 6.07) is 3.42. The number of hydrogen-bond donors (Lipinski definition) is 1. The van der Waals surface area contributed by atoms with Crippen LogP contribution in [0.3, 0.4) is 0 Å². The Morgan fingerprint density at radius 1 is 1.15 bits per heavy atom. The normalized spacial score (nSPS) is 22.9. The number of benzene rings is 1. The summed E-state index contributed by atoms with van der Waals surface area (Å²) >= 11 is 0. The molecule has 1 N–H and O–H groups in total. The molecule has 6 heteroatoms. The Morgan fingerprint density at radius 3 is 2.45 bits per heavy atom. The molecule has 2 aliphatic rings. The van der Waals surface area contributed by atoms with E-state index in [-0.39, 0.29) is 5.82 Å². The van der Waals surface area contributed by atoms with E-state index < -0.39 is 18.3 Å². The number of anilines is 1. The molecule has 0 saturated carbocycles. The first-order valence-corrected chi connectivity index (χ1v) is 6.86. The van der Waals surface area contributed by atoms with E-state index >= 15 is 0 Å². The molecule has 1 fully saturated rings. The summed E-state index contributed by atoms with van der Waals surface area (Å²) < 4.78 is 31.8. The second kappa shape index (κ2) is 4.36. The highest BCUT2D eigenvalue weighted by molar-refractivity contribution is 6.62. The van der Waals surface area contributed by atoms with Crippen LogP contribution < -0.4 is 15.5 Å². The predicted molar refractivity (Wildman–Crippen MR) is 76.1 cm³/mol. The molecule has 0 amide bonds. The van der Waals surface area contributed by atoms with Crippen molar-refractivity contribution in [1.29, 1.82) is 0 Å². The molecule has 4 nitrogen and oxygen atoms in total. The summed E-state index contributed by atoms with van der Waals surface area (Å²) in [5.74, 6) is 0.176. The van der Waals surface area contributed by atoms with E-state index in [0.29, 0.717) is 30.1 Å². The van der Waals surface area contributed by atoms with Crippen molar-refractivity contribution in [2.45, 2.75) is 38.9 Å². The molecular weight excluding hydrogens is 260 g/mol. The summed E-state index contributed by atoms with van der Waals surface area (Å²) in [4.78, 5) is 0. The zero-order valence-electron chi connectivity index (χ0n) is 12.2. The third kappa shape index (κ3) is 1.98. The Morgan fingerprint density at radius 2 is 1.80 bits per heavy atom. The van der Waals surface area contributed by atoms with Gasteiger partial charge in [-0.15, -0.1) is 0 Å². The van der Waals surface area contributed by atoms with Gasteiger partial charge in [0.1, 0.15) is 23.9 Å². The highest BCUT2D eigenvalue weighted by Gasteiger charge is 2.52. The number of hydrogen-bond acceptors (Lipinski definition) is 4. The predicted octanol–water partition coefficient (Wildman–Crippen LogP) is 1.93. The van der Waals surface area contributed by atoms with Gasteiger partial charge in [-0.25, -0.2) is 4.39 Å². The van der Waals surface area contributed by atoms with Crippen molar-refractivity contribution in [2.75, 3.05) is 18.5 Å². The lowest BCUT2D eigenvalue weighted by atomic mass is 9.78. The van der Waals surface area contributed by atoms with E-state index in [1.54, 1.807) is 12.1 Å². The van der Waals surface area contributed by atoms with E-state index in [1.165, 1.54) is 0 Å². The fourth-order valence-electron chi connectivity index (χ4n) is 2.35. The van der Waals surface area contributed by atoms with E-state index in [0.717, 1.165) is 0 Å². The first kappa shape index (κ1) is 13.7. The Labute approximate surface area is 118 Å². The van der Waals surface area contributed by atoms with Gasteiger partial charge in [-0.05, 0) is 33.8 Å². The highest BCUT2D eigenvalue weighted by atomic mass is 19.1. The van der Waals surface area contributed by atoms with Gasteiger partial charge in [-0.2, -0.15) is 0 Å². The van der Waals surface area contributed by atoms with Crippen LogP contribution in [-0.2, 0) is 9.31 Å². The van der Waals surface area contributed by atoms with Crippen LogP contribution in [0.1, 0.15) is 27.7 Å². The van der Waals surface area contributed by atoms with Crippen molar-refractivity contribution >= 4 is 18.3 Å². The van der Waals surface area contributed by atoms with Crippen LogP contribution in [0.15, 0.2) is 12.1 Å². The average molecular weight is 279 g/mol. The lowest BCUT2D eigenvalue weighted by Crippen LogP contribution is -2.41. The van der Waals surface area contributed by atoms with Crippen molar-refractivity contribution < 1.29 is 18.4 Å².